The topological polar surface area (TPSA) is 99.6 Å². The van der Waals surface area contributed by atoms with Crippen LogP contribution in [0.4, 0.5) is 5.69 Å². The van der Waals surface area contributed by atoms with Gasteiger partial charge >= 0.3 is 5.97 Å². The molecule has 0 unspecified atom stereocenters. The summed E-state index contributed by atoms with van der Waals surface area (Å²) >= 11 is 0. The van der Waals surface area contributed by atoms with Crippen LogP contribution < -0.4 is 5.32 Å². The highest BCUT2D eigenvalue weighted by molar-refractivity contribution is 6.03. The number of hydrogen-bond acceptors (Lipinski definition) is 4. The highest BCUT2D eigenvalue weighted by Crippen LogP contribution is 2.20. The summed E-state index contributed by atoms with van der Waals surface area (Å²) in [6, 6.07) is 11.9. The van der Waals surface area contributed by atoms with Crippen LogP contribution in [0, 0.1) is 12.8 Å². The van der Waals surface area contributed by atoms with Crippen molar-refractivity contribution in [3.05, 3.63) is 59.4 Å². The number of piperidine rings is 1. The van der Waals surface area contributed by atoms with Crippen molar-refractivity contribution in [3.8, 4) is 0 Å². The third-order valence-electron chi connectivity index (χ3n) is 4.64. The quantitative estimate of drug-likeness (QED) is 0.865. The van der Waals surface area contributed by atoms with E-state index >= 15 is 0 Å². The largest absolute Gasteiger partial charge is 0.481 e. The number of rotatable bonds is 4. The molecule has 27 heavy (non-hydrogen) atoms. The molecule has 0 spiro atoms. The Bertz CT molecular complexity index is 856. The smallest absolute Gasteiger partial charge is 0.306 e. The van der Waals surface area contributed by atoms with E-state index < -0.39 is 5.97 Å². The van der Waals surface area contributed by atoms with E-state index in [0.29, 0.717) is 42.9 Å². The molecular formula is C20H21N3O4. The van der Waals surface area contributed by atoms with Gasteiger partial charge in [0.15, 0.2) is 0 Å². The molecule has 2 aromatic rings. The number of nitrogens with one attached hydrogen (secondary N) is 1. The number of amides is 2. The van der Waals surface area contributed by atoms with Crippen LogP contribution in [0.1, 0.15) is 39.4 Å². The Labute approximate surface area is 157 Å². The number of aryl methyl sites for hydroxylation is 1. The van der Waals surface area contributed by atoms with Gasteiger partial charge < -0.3 is 15.3 Å². The van der Waals surface area contributed by atoms with Crippen molar-refractivity contribution in [2.24, 2.45) is 5.92 Å². The second-order valence-corrected chi connectivity index (χ2v) is 6.60. The van der Waals surface area contributed by atoms with E-state index in [1.807, 2.05) is 13.0 Å². The summed E-state index contributed by atoms with van der Waals surface area (Å²) in [4.78, 5) is 41.6. The summed E-state index contributed by atoms with van der Waals surface area (Å²) in [5.74, 6) is -1.61. The van der Waals surface area contributed by atoms with Crippen LogP contribution in [0.5, 0.6) is 0 Å². The summed E-state index contributed by atoms with van der Waals surface area (Å²) in [6.45, 7) is 2.69. The van der Waals surface area contributed by atoms with Crippen molar-refractivity contribution in [2.75, 3.05) is 18.4 Å². The zero-order chi connectivity index (χ0) is 19.4. The van der Waals surface area contributed by atoms with Gasteiger partial charge in [0.25, 0.3) is 11.8 Å². The van der Waals surface area contributed by atoms with Gasteiger partial charge in [-0.1, -0.05) is 6.07 Å². The lowest BCUT2D eigenvalue weighted by Gasteiger charge is -2.30. The van der Waals surface area contributed by atoms with Crippen molar-refractivity contribution in [1.29, 1.82) is 0 Å². The number of likely N-dealkylation sites (tertiary alicyclic amines) is 1. The first kappa shape index (κ1) is 18.6. The van der Waals surface area contributed by atoms with E-state index in [0.717, 1.165) is 5.69 Å². The van der Waals surface area contributed by atoms with Crippen LogP contribution in [-0.4, -0.2) is 45.9 Å². The third-order valence-corrected chi connectivity index (χ3v) is 4.64. The Morgan fingerprint density at radius 1 is 1.07 bits per heavy atom. The summed E-state index contributed by atoms with van der Waals surface area (Å²) in [5.41, 5.74) is 2.17. The molecule has 2 amide bonds. The van der Waals surface area contributed by atoms with E-state index in [-0.39, 0.29) is 17.7 Å². The van der Waals surface area contributed by atoms with Crippen molar-refractivity contribution in [3.63, 3.8) is 0 Å². The first-order valence-corrected chi connectivity index (χ1v) is 8.81. The monoisotopic (exact) mass is 367 g/mol. The molecule has 1 aliphatic rings. The molecule has 0 saturated carbocycles. The average Bonchev–Trinajstić information content (AvgIpc) is 2.68. The van der Waals surface area contributed by atoms with E-state index in [4.69, 9.17) is 5.11 Å². The molecule has 0 aliphatic carbocycles. The Morgan fingerprint density at radius 2 is 1.74 bits per heavy atom. The van der Waals surface area contributed by atoms with E-state index in [2.05, 4.69) is 10.3 Å². The number of benzene rings is 1. The Kier molecular flexibility index (Phi) is 5.49. The van der Waals surface area contributed by atoms with Crippen LogP contribution in [0.15, 0.2) is 42.5 Å². The van der Waals surface area contributed by atoms with E-state index in [1.165, 1.54) is 0 Å². The second kappa shape index (κ2) is 7.99. The number of pyridine rings is 1. The molecule has 0 radical (unpaired) electrons. The maximum Gasteiger partial charge on any atom is 0.306 e. The van der Waals surface area contributed by atoms with Crippen LogP contribution in [-0.2, 0) is 4.79 Å². The molecular weight excluding hydrogens is 346 g/mol. The molecule has 3 rings (SSSR count). The van der Waals surface area contributed by atoms with Crippen molar-refractivity contribution < 1.29 is 19.5 Å². The predicted octanol–water partition coefficient (Wildman–Crippen LogP) is 2.58. The molecule has 2 N–H and O–H groups in total. The van der Waals surface area contributed by atoms with Crippen molar-refractivity contribution in [2.45, 2.75) is 19.8 Å². The lowest BCUT2D eigenvalue weighted by molar-refractivity contribution is -0.143. The van der Waals surface area contributed by atoms with Crippen molar-refractivity contribution in [1.82, 2.24) is 9.88 Å². The number of aromatic nitrogens is 1. The lowest BCUT2D eigenvalue weighted by Crippen LogP contribution is -2.40. The van der Waals surface area contributed by atoms with E-state index in [1.54, 1.807) is 41.3 Å². The Morgan fingerprint density at radius 3 is 2.33 bits per heavy atom. The highest BCUT2D eigenvalue weighted by atomic mass is 16.4. The van der Waals surface area contributed by atoms with Gasteiger partial charge in [-0.25, -0.2) is 4.98 Å². The molecule has 0 atom stereocenters. The first-order valence-electron chi connectivity index (χ1n) is 8.81. The summed E-state index contributed by atoms with van der Waals surface area (Å²) < 4.78 is 0. The highest BCUT2D eigenvalue weighted by Gasteiger charge is 2.27. The molecule has 140 valence electrons. The van der Waals surface area contributed by atoms with Crippen molar-refractivity contribution >= 4 is 23.5 Å². The molecule has 2 heterocycles. The Balaban J connectivity index is 1.61. The molecule has 1 aliphatic heterocycles. The molecule has 1 aromatic carbocycles. The number of carboxylic acids is 1. The van der Waals surface area contributed by atoms with Crippen LogP contribution in [0.25, 0.3) is 0 Å². The Hall–Kier alpha value is -3.22. The van der Waals surface area contributed by atoms with Gasteiger partial charge in [0.2, 0.25) is 0 Å². The zero-order valence-corrected chi connectivity index (χ0v) is 15.0. The normalized spacial score (nSPS) is 14.6. The van der Waals surface area contributed by atoms with Gasteiger partial charge in [0.05, 0.1) is 5.92 Å². The minimum Gasteiger partial charge on any atom is -0.481 e. The fourth-order valence-electron chi connectivity index (χ4n) is 3.07. The number of hydrogen-bond donors (Lipinski definition) is 2. The summed E-state index contributed by atoms with van der Waals surface area (Å²) in [6.07, 6.45) is 0.942. The van der Waals surface area contributed by atoms with Gasteiger partial charge in [0.1, 0.15) is 5.69 Å². The fourth-order valence-corrected chi connectivity index (χ4v) is 3.07. The number of nitrogens with zero attached hydrogens (tertiary/aromatic N) is 2. The molecule has 7 nitrogen and oxygen atoms in total. The number of carbonyl (C=O) groups excluding carboxylic acids is 2. The molecule has 1 aromatic heterocycles. The number of aliphatic carboxylic acids is 1. The average molecular weight is 367 g/mol. The maximum absolute atomic E-state index is 12.5. The molecule has 1 saturated heterocycles. The van der Waals surface area contributed by atoms with Crippen LogP contribution in [0.2, 0.25) is 0 Å². The van der Waals surface area contributed by atoms with Gasteiger partial charge in [-0.15, -0.1) is 0 Å². The standard InChI is InChI=1S/C20H21N3O4/c1-13-3-2-4-17(21-13)18(24)22-16-7-5-14(6-8-16)19(25)23-11-9-15(10-12-23)20(26)27/h2-8,15H,9-12H2,1H3,(H,22,24)(H,26,27). The van der Waals surface area contributed by atoms with E-state index in [9.17, 15) is 14.4 Å². The maximum atomic E-state index is 12.5. The zero-order valence-electron chi connectivity index (χ0n) is 15.0. The summed E-state index contributed by atoms with van der Waals surface area (Å²) in [5, 5.41) is 11.8. The third kappa shape index (κ3) is 4.49. The second-order valence-electron chi connectivity index (χ2n) is 6.60. The molecule has 1 fully saturated rings. The fraction of sp³-hybridized carbons (Fsp3) is 0.300. The number of anilines is 1. The summed E-state index contributed by atoms with van der Waals surface area (Å²) in [7, 11) is 0. The van der Waals surface area contributed by atoms with Gasteiger partial charge in [-0.2, -0.15) is 0 Å². The predicted molar refractivity (Wildman–Crippen MR) is 99.6 cm³/mol. The number of carbonyl (C=O) groups is 3. The number of carboxylic acid groups (broad SMARTS) is 1. The SMILES string of the molecule is Cc1cccc(C(=O)Nc2ccc(C(=O)N3CCC(C(=O)O)CC3)cc2)n1. The van der Waals surface area contributed by atoms with Gasteiger partial charge in [0, 0.05) is 30.0 Å². The minimum atomic E-state index is -0.801. The van der Waals surface area contributed by atoms with Crippen LogP contribution >= 0.6 is 0 Å². The van der Waals surface area contributed by atoms with Gasteiger partial charge in [-0.05, 0) is 56.2 Å². The van der Waals surface area contributed by atoms with Crippen LogP contribution in [0.3, 0.4) is 0 Å². The molecule has 7 heteroatoms. The molecule has 0 bridgehead atoms. The lowest BCUT2D eigenvalue weighted by atomic mass is 9.96. The van der Waals surface area contributed by atoms with Gasteiger partial charge in [-0.3, -0.25) is 14.4 Å². The first-order chi connectivity index (χ1) is 12.9. The minimum absolute atomic E-state index is 0.128.